The monoisotopic (exact) mass is 263 g/mol. The van der Waals surface area contributed by atoms with E-state index in [1.54, 1.807) is 12.1 Å². The molecule has 0 aliphatic heterocycles. The SMILES string of the molecule is CC(C)(C)c1ccc(C(=O)NNC(=O)C(N)=O)cc1. The fourth-order valence-corrected chi connectivity index (χ4v) is 1.37. The normalized spacial score (nSPS) is 10.7. The number of primary amides is 1. The lowest BCUT2D eigenvalue weighted by atomic mass is 9.87. The van der Waals surface area contributed by atoms with Crippen LogP contribution < -0.4 is 16.6 Å². The zero-order chi connectivity index (χ0) is 14.6. The zero-order valence-corrected chi connectivity index (χ0v) is 11.1. The second-order valence-corrected chi connectivity index (χ2v) is 5.10. The van der Waals surface area contributed by atoms with Crippen molar-refractivity contribution in [3.63, 3.8) is 0 Å². The molecule has 0 fully saturated rings. The molecule has 19 heavy (non-hydrogen) atoms. The molecular formula is C13H17N3O3. The van der Waals surface area contributed by atoms with Crippen molar-refractivity contribution in [2.24, 2.45) is 5.73 Å². The molecule has 0 radical (unpaired) electrons. The third-order valence-corrected chi connectivity index (χ3v) is 2.53. The molecule has 0 spiro atoms. The van der Waals surface area contributed by atoms with Crippen LogP contribution in [-0.2, 0) is 15.0 Å². The van der Waals surface area contributed by atoms with Crippen LogP contribution in [0.3, 0.4) is 0 Å². The molecule has 0 aliphatic carbocycles. The number of carbonyl (C=O) groups is 3. The fourth-order valence-electron chi connectivity index (χ4n) is 1.37. The van der Waals surface area contributed by atoms with Gasteiger partial charge in [0.25, 0.3) is 5.91 Å². The topological polar surface area (TPSA) is 101 Å². The molecule has 1 aromatic carbocycles. The Bertz CT molecular complexity index is 501. The van der Waals surface area contributed by atoms with Gasteiger partial charge in [-0.25, -0.2) is 0 Å². The standard InChI is InChI=1S/C13H17N3O3/c1-13(2,3)9-6-4-8(5-7-9)11(18)15-16-12(19)10(14)17/h4-7H,1-3H3,(H2,14,17)(H,15,18)(H,16,19). The van der Waals surface area contributed by atoms with Crippen LogP contribution >= 0.6 is 0 Å². The summed E-state index contributed by atoms with van der Waals surface area (Å²) >= 11 is 0. The maximum absolute atomic E-state index is 11.7. The van der Waals surface area contributed by atoms with Crippen molar-refractivity contribution in [3.05, 3.63) is 35.4 Å². The molecule has 0 atom stereocenters. The summed E-state index contributed by atoms with van der Waals surface area (Å²) < 4.78 is 0. The third-order valence-electron chi connectivity index (χ3n) is 2.53. The summed E-state index contributed by atoms with van der Waals surface area (Å²) in [5.41, 5.74) is 10.2. The van der Waals surface area contributed by atoms with E-state index in [1.807, 2.05) is 17.6 Å². The second kappa shape index (κ2) is 5.51. The number of nitrogens with two attached hydrogens (primary N) is 1. The van der Waals surface area contributed by atoms with Crippen LogP contribution in [-0.4, -0.2) is 17.7 Å². The fraction of sp³-hybridized carbons (Fsp3) is 0.308. The van der Waals surface area contributed by atoms with Gasteiger partial charge in [0.15, 0.2) is 0 Å². The average Bonchev–Trinajstić information content (AvgIpc) is 2.34. The Morgan fingerprint density at radius 1 is 1.00 bits per heavy atom. The van der Waals surface area contributed by atoms with Crippen molar-refractivity contribution in [2.45, 2.75) is 26.2 Å². The second-order valence-electron chi connectivity index (χ2n) is 5.10. The van der Waals surface area contributed by atoms with E-state index in [9.17, 15) is 14.4 Å². The van der Waals surface area contributed by atoms with E-state index < -0.39 is 17.7 Å². The Morgan fingerprint density at radius 3 is 1.95 bits per heavy atom. The lowest BCUT2D eigenvalue weighted by Gasteiger charge is -2.19. The summed E-state index contributed by atoms with van der Waals surface area (Å²) in [6.45, 7) is 6.19. The molecule has 0 aromatic heterocycles. The summed E-state index contributed by atoms with van der Waals surface area (Å²) in [7, 11) is 0. The molecule has 3 amide bonds. The van der Waals surface area contributed by atoms with Crippen molar-refractivity contribution < 1.29 is 14.4 Å². The largest absolute Gasteiger partial charge is 0.361 e. The van der Waals surface area contributed by atoms with Crippen molar-refractivity contribution >= 4 is 17.7 Å². The predicted octanol–water partition coefficient (Wildman–Crippen LogP) is 0.230. The third kappa shape index (κ3) is 4.09. The Balaban J connectivity index is 2.69. The van der Waals surface area contributed by atoms with Gasteiger partial charge in [-0.05, 0) is 23.1 Å². The first kappa shape index (κ1) is 14.7. The van der Waals surface area contributed by atoms with Gasteiger partial charge < -0.3 is 5.73 Å². The summed E-state index contributed by atoms with van der Waals surface area (Å²) in [5.74, 6) is -2.75. The lowest BCUT2D eigenvalue weighted by Crippen LogP contribution is -2.47. The zero-order valence-electron chi connectivity index (χ0n) is 11.1. The summed E-state index contributed by atoms with van der Waals surface area (Å²) in [6.07, 6.45) is 0. The van der Waals surface area contributed by atoms with E-state index in [1.165, 1.54) is 0 Å². The maximum Gasteiger partial charge on any atom is 0.327 e. The smallest absolute Gasteiger partial charge is 0.327 e. The Morgan fingerprint density at radius 2 is 1.53 bits per heavy atom. The van der Waals surface area contributed by atoms with Gasteiger partial charge in [0.2, 0.25) is 0 Å². The maximum atomic E-state index is 11.7. The molecule has 6 nitrogen and oxygen atoms in total. The van der Waals surface area contributed by atoms with Gasteiger partial charge in [-0.1, -0.05) is 32.9 Å². The predicted molar refractivity (Wildman–Crippen MR) is 69.9 cm³/mol. The van der Waals surface area contributed by atoms with Crippen LogP contribution in [0.25, 0.3) is 0 Å². The number of hydrazine groups is 1. The lowest BCUT2D eigenvalue weighted by molar-refractivity contribution is -0.137. The first-order chi connectivity index (χ1) is 8.71. The number of rotatable bonds is 1. The average molecular weight is 263 g/mol. The van der Waals surface area contributed by atoms with Gasteiger partial charge in [-0.3, -0.25) is 25.2 Å². The highest BCUT2D eigenvalue weighted by Crippen LogP contribution is 2.21. The van der Waals surface area contributed by atoms with Gasteiger partial charge in [0.1, 0.15) is 0 Å². The summed E-state index contributed by atoms with van der Waals surface area (Å²) in [5, 5.41) is 0. The van der Waals surface area contributed by atoms with Gasteiger partial charge in [0, 0.05) is 5.56 Å². The van der Waals surface area contributed by atoms with Crippen LogP contribution in [0.1, 0.15) is 36.7 Å². The van der Waals surface area contributed by atoms with Crippen LogP contribution in [0.4, 0.5) is 0 Å². The van der Waals surface area contributed by atoms with Crippen molar-refractivity contribution in [3.8, 4) is 0 Å². The molecule has 0 aliphatic rings. The minimum Gasteiger partial charge on any atom is -0.361 e. The number of hydrogen-bond donors (Lipinski definition) is 3. The Labute approximate surface area is 111 Å². The molecule has 0 unspecified atom stereocenters. The molecule has 0 bridgehead atoms. The molecule has 0 saturated heterocycles. The van der Waals surface area contributed by atoms with Gasteiger partial charge in [-0.15, -0.1) is 0 Å². The van der Waals surface area contributed by atoms with E-state index in [-0.39, 0.29) is 5.41 Å². The van der Waals surface area contributed by atoms with E-state index in [0.717, 1.165) is 5.56 Å². The Hall–Kier alpha value is -2.37. The van der Waals surface area contributed by atoms with Gasteiger partial charge >= 0.3 is 11.8 Å². The minimum absolute atomic E-state index is 0.00477. The van der Waals surface area contributed by atoms with Crippen molar-refractivity contribution in [1.82, 2.24) is 10.9 Å². The molecular weight excluding hydrogens is 246 g/mol. The number of carbonyl (C=O) groups excluding carboxylic acids is 3. The first-order valence-corrected chi connectivity index (χ1v) is 5.72. The summed E-state index contributed by atoms with van der Waals surface area (Å²) in [4.78, 5) is 33.0. The number of nitrogens with one attached hydrogen (secondary N) is 2. The molecule has 1 rings (SSSR count). The first-order valence-electron chi connectivity index (χ1n) is 5.72. The van der Waals surface area contributed by atoms with Crippen LogP contribution in [0.5, 0.6) is 0 Å². The number of hydrogen-bond acceptors (Lipinski definition) is 3. The minimum atomic E-state index is -1.16. The van der Waals surface area contributed by atoms with E-state index in [4.69, 9.17) is 5.73 Å². The molecule has 0 heterocycles. The highest BCUT2D eigenvalue weighted by atomic mass is 16.2. The van der Waals surface area contributed by atoms with Crippen LogP contribution in [0, 0.1) is 0 Å². The van der Waals surface area contributed by atoms with Gasteiger partial charge in [0.05, 0.1) is 0 Å². The Kier molecular flexibility index (Phi) is 4.26. The number of benzene rings is 1. The van der Waals surface area contributed by atoms with E-state index in [2.05, 4.69) is 26.2 Å². The highest BCUT2D eigenvalue weighted by molar-refractivity contribution is 6.34. The molecule has 6 heteroatoms. The molecule has 1 aromatic rings. The molecule has 0 saturated carbocycles. The number of amides is 3. The van der Waals surface area contributed by atoms with Crippen LogP contribution in [0.2, 0.25) is 0 Å². The highest BCUT2D eigenvalue weighted by Gasteiger charge is 2.15. The van der Waals surface area contributed by atoms with Crippen molar-refractivity contribution in [1.29, 1.82) is 0 Å². The van der Waals surface area contributed by atoms with Gasteiger partial charge in [-0.2, -0.15) is 0 Å². The van der Waals surface area contributed by atoms with Crippen molar-refractivity contribution in [2.75, 3.05) is 0 Å². The molecule has 102 valence electrons. The van der Waals surface area contributed by atoms with E-state index >= 15 is 0 Å². The quantitative estimate of drug-likeness (QED) is 0.499. The molecule has 4 N–H and O–H groups in total. The summed E-state index contributed by atoms with van der Waals surface area (Å²) in [6, 6.07) is 6.97. The van der Waals surface area contributed by atoms with Crippen LogP contribution in [0.15, 0.2) is 24.3 Å². The van der Waals surface area contributed by atoms with E-state index in [0.29, 0.717) is 5.56 Å².